The number of aliphatic hydroxyl groups excluding tert-OH is 1. The molecule has 0 aliphatic rings. The van der Waals surface area contributed by atoms with Crippen LogP contribution in [-0.4, -0.2) is 27.7 Å². The van der Waals surface area contributed by atoms with Gasteiger partial charge in [-0.1, -0.05) is 13.8 Å². The SMILES string of the molecule is CC(C)CC(CO)Nc1ncc(C#N)cc1[N+](=O)[O-]. The quantitative estimate of drug-likeness (QED) is 0.597. The van der Waals surface area contributed by atoms with E-state index in [0.717, 1.165) is 0 Å². The average molecular weight is 264 g/mol. The molecule has 102 valence electrons. The van der Waals surface area contributed by atoms with Crippen molar-refractivity contribution in [2.24, 2.45) is 5.92 Å². The Bertz CT molecular complexity index is 496. The average Bonchev–Trinajstić information content (AvgIpc) is 2.37. The first-order valence-corrected chi connectivity index (χ1v) is 5.89. The summed E-state index contributed by atoms with van der Waals surface area (Å²) in [6, 6.07) is 2.66. The zero-order chi connectivity index (χ0) is 14.4. The van der Waals surface area contributed by atoms with Crippen LogP contribution in [0.25, 0.3) is 0 Å². The van der Waals surface area contributed by atoms with Crippen LogP contribution in [0, 0.1) is 27.4 Å². The van der Waals surface area contributed by atoms with Gasteiger partial charge in [0.25, 0.3) is 0 Å². The maximum absolute atomic E-state index is 10.9. The maximum atomic E-state index is 10.9. The summed E-state index contributed by atoms with van der Waals surface area (Å²) < 4.78 is 0. The van der Waals surface area contributed by atoms with E-state index in [1.54, 1.807) is 6.07 Å². The molecule has 7 heteroatoms. The molecule has 1 rings (SSSR count). The van der Waals surface area contributed by atoms with Crippen LogP contribution in [0.15, 0.2) is 12.3 Å². The highest BCUT2D eigenvalue weighted by Crippen LogP contribution is 2.24. The topological polar surface area (TPSA) is 112 Å². The summed E-state index contributed by atoms with van der Waals surface area (Å²) in [7, 11) is 0. The van der Waals surface area contributed by atoms with E-state index in [0.29, 0.717) is 12.3 Å². The van der Waals surface area contributed by atoms with Gasteiger partial charge in [0.15, 0.2) is 0 Å². The third kappa shape index (κ3) is 4.19. The van der Waals surface area contributed by atoms with Crippen molar-refractivity contribution in [2.75, 3.05) is 11.9 Å². The van der Waals surface area contributed by atoms with E-state index in [-0.39, 0.29) is 29.7 Å². The summed E-state index contributed by atoms with van der Waals surface area (Å²) in [5, 5.41) is 31.7. The van der Waals surface area contributed by atoms with Crippen LogP contribution in [-0.2, 0) is 0 Å². The number of hydrogen-bond donors (Lipinski definition) is 2. The standard InChI is InChI=1S/C12H16N4O3/c1-8(2)3-10(7-17)15-12-11(16(18)19)4-9(5-13)6-14-12/h4,6,8,10,17H,3,7H2,1-2H3,(H,14,15). The van der Waals surface area contributed by atoms with Crippen molar-refractivity contribution in [1.82, 2.24) is 4.98 Å². The van der Waals surface area contributed by atoms with Crippen molar-refractivity contribution < 1.29 is 10.0 Å². The molecule has 0 bridgehead atoms. The van der Waals surface area contributed by atoms with Gasteiger partial charge in [0.05, 0.1) is 23.1 Å². The predicted molar refractivity (Wildman–Crippen MR) is 69.6 cm³/mol. The monoisotopic (exact) mass is 264 g/mol. The summed E-state index contributed by atoms with van der Waals surface area (Å²) >= 11 is 0. The number of anilines is 1. The fourth-order valence-electron chi connectivity index (χ4n) is 1.71. The molecule has 1 aromatic rings. The molecule has 0 saturated carbocycles. The lowest BCUT2D eigenvalue weighted by Crippen LogP contribution is -2.26. The molecular weight excluding hydrogens is 248 g/mol. The van der Waals surface area contributed by atoms with Gasteiger partial charge in [0, 0.05) is 12.3 Å². The Labute approximate surface area is 111 Å². The van der Waals surface area contributed by atoms with Crippen LogP contribution < -0.4 is 5.32 Å². The molecular formula is C12H16N4O3. The zero-order valence-corrected chi connectivity index (χ0v) is 10.8. The molecule has 2 N–H and O–H groups in total. The minimum absolute atomic E-state index is 0.0729. The van der Waals surface area contributed by atoms with Crippen molar-refractivity contribution in [3.8, 4) is 6.07 Å². The van der Waals surface area contributed by atoms with Gasteiger partial charge >= 0.3 is 5.69 Å². The van der Waals surface area contributed by atoms with E-state index >= 15 is 0 Å². The molecule has 1 atom stereocenters. The third-order valence-corrected chi connectivity index (χ3v) is 2.51. The lowest BCUT2D eigenvalue weighted by atomic mass is 10.0. The minimum atomic E-state index is -0.597. The van der Waals surface area contributed by atoms with Crippen molar-refractivity contribution in [3.63, 3.8) is 0 Å². The Morgan fingerprint density at radius 2 is 2.32 bits per heavy atom. The maximum Gasteiger partial charge on any atom is 0.312 e. The lowest BCUT2D eigenvalue weighted by Gasteiger charge is -2.18. The molecule has 0 aliphatic heterocycles. The van der Waals surface area contributed by atoms with Gasteiger partial charge in [-0.3, -0.25) is 10.1 Å². The van der Waals surface area contributed by atoms with Crippen LogP contribution >= 0.6 is 0 Å². The van der Waals surface area contributed by atoms with Crippen molar-refractivity contribution in [1.29, 1.82) is 5.26 Å². The van der Waals surface area contributed by atoms with Gasteiger partial charge in [0.1, 0.15) is 6.07 Å². The molecule has 19 heavy (non-hydrogen) atoms. The number of nitriles is 1. The second-order valence-electron chi connectivity index (χ2n) is 4.61. The van der Waals surface area contributed by atoms with Crippen LogP contribution in [0.3, 0.4) is 0 Å². The van der Waals surface area contributed by atoms with Crippen LogP contribution in [0.1, 0.15) is 25.8 Å². The van der Waals surface area contributed by atoms with E-state index < -0.39 is 4.92 Å². The number of pyridine rings is 1. The van der Waals surface area contributed by atoms with E-state index in [1.807, 2.05) is 13.8 Å². The van der Waals surface area contributed by atoms with E-state index in [4.69, 9.17) is 5.26 Å². The van der Waals surface area contributed by atoms with Crippen molar-refractivity contribution in [3.05, 3.63) is 27.9 Å². The van der Waals surface area contributed by atoms with Gasteiger partial charge in [-0.15, -0.1) is 0 Å². The first-order chi connectivity index (χ1) is 8.97. The zero-order valence-electron chi connectivity index (χ0n) is 10.8. The van der Waals surface area contributed by atoms with Gasteiger partial charge < -0.3 is 10.4 Å². The predicted octanol–water partition coefficient (Wildman–Crippen LogP) is 1.68. The Kier molecular flexibility index (Phi) is 5.21. The van der Waals surface area contributed by atoms with Crippen LogP contribution in [0.4, 0.5) is 11.5 Å². The molecule has 0 aliphatic carbocycles. The first-order valence-electron chi connectivity index (χ1n) is 5.89. The molecule has 1 aromatic heterocycles. The van der Waals surface area contributed by atoms with Crippen molar-refractivity contribution in [2.45, 2.75) is 26.3 Å². The van der Waals surface area contributed by atoms with E-state index in [2.05, 4.69) is 10.3 Å². The Balaban J connectivity index is 2.99. The molecule has 1 heterocycles. The molecule has 0 amide bonds. The number of nitrogens with zero attached hydrogens (tertiary/aromatic N) is 3. The summed E-state index contributed by atoms with van der Waals surface area (Å²) in [6.07, 6.45) is 1.93. The third-order valence-electron chi connectivity index (χ3n) is 2.51. The van der Waals surface area contributed by atoms with Gasteiger partial charge in [-0.2, -0.15) is 5.26 Å². The molecule has 0 saturated heterocycles. The van der Waals surface area contributed by atoms with Gasteiger partial charge in [-0.05, 0) is 12.3 Å². The summed E-state index contributed by atoms with van der Waals surface area (Å²) in [5.74, 6) is 0.408. The van der Waals surface area contributed by atoms with Gasteiger partial charge in [-0.25, -0.2) is 4.98 Å². The van der Waals surface area contributed by atoms with Crippen LogP contribution in [0.5, 0.6) is 0 Å². The Morgan fingerprint density at radius 1 is 1.63 bits per heavy atom. The number of nitrogens with one attached hydrogen (secondary N) is 1. The Morgan fingerprint density at radius 3 is 2.79 bits per heavy atom. The second-order valence-corrected chi connectivity index (χ2v) is 4.61. The van der Waals surface area contributed by atoms with Crippen LogP contribution in [0.2, 0.25) is 0 Å². The fourth-order valence-corrected chi connectivity index (χ4v) is 1.71. The molecule has 0 spiro atoms. The summed E-state index contributed by atoms with van der Waals surface area (Å²) in [4.78, 5) is 14.2. The molecule has 7 nitrogen and oxygen atoms in total. The highest BCUT2D eigenvalue weighted by Gasteiger charge is 2.19. The highest BCUT2D eigenvalue weighted by atomic mass is 16.6. The second kappa shape index (κ2) is 6.66. The van der Waals surface area contributed by atoms with Crippen molar-refractivity contribution >= 4 is 11.5 Å². The number of aromatic nitrogens is 1. The number of rotatable bonds is 6. The summed E-state index contributed by atoms with van der Waals surface area (Å²) in [5.41, 5.74) is -0.136. The normalized spacial score (nSPS) is 11.9. The minimum Gasteiger partial charge on any atom is -0.394 e. The lowest BCUT2D eigenvalue weighted by molar-refractivity contribution is -0.384. The van der Waals surface area contributed by atoms with E-state index in [1.165, 1.54) is 12.3 Å². The van der Waals surface area contributed by atoms with Gasteiger partial charge in [0.2, 0.25) is 5.82 Å². The summed E-state index contributed by atoms with van der Waals surface area (Å²) in [6.45, 7) is 3.84. The Hall–Kier alpha value is -2.20. The first kappa shape index (κ1) is 14.9. The van der Waals surface area contributed by atoms with E-state index in [9.17, 15) is 15.2 Å². The molecule has 0 radical (unpaired) electrons. The molecule has 0 aromatic carbocycles. The number of aliphatic hydroxyl groups is 1. The number of nitro groups is 1. The fraction of sp³-hybridized carbons (Fsp3) is 0.500. The smallest absolute Gasteiger partial charge is 0.312 e. The highest BCUT2D eigenvalue weighted by molar-refractivity contribution is 5.58. The molecule has 1 unspecified atom stereocenters. The number of hydrogen-bond acceptors (Lipinski definition) is 6. The molecule has 0 fully saturated rings. The largest absolute Gasteiger partial charge is 0.394 e.